The van der Waals surface area contributed by atoms with Crippen LogP contribution in [0.4, 0.5) is 0 Å². The molecule has 0 bridgehead atoms. The van der Waals surface area contributed by atoms with Gasteiger partial charge in [-0.1, -0.05) is 25.4 Å². The Labute approximate surface area is 99.8 Å². The zero-order valence-corrected chi connectivity index (χ0v) is 10.2. The number of carbonyl (C=O) groups excluding carboxylic acids is 1. The summed E-state index contributed by atoms with van der Waals surface area (Å²) in [5.74, 6) is 0.411. The number of halogens is 1. The minimum absolute atomic E-state index is 0.334. The second-order valence-electron chi connectivity index (χ2n) is 4.00. The Morgan fingerprint density at radius 2 is 2.31 bits per heavy atom. The fourth-order valence-electron chi connectivity index (χ4n) is 1.46. The summed E-state index contributed by atoms with van der Waals surface area (Å²) >= 11 is 6.01. The van der Waals surface area contributed by atoms with Crippen molar-refractivity contribution in [3.63, 3.8) is 0 Å². The van der Waals surface area contributed by atoms with Crippen molar-refractivity contribution >= 4 is 17.9 Å². The summed E-state index contributed by atoms with van der Waals surface area (Å²) in [5, 5.41) is 13.1. The molecule has 0 spiro atoms. The van der Waals surface area contributed by atoms with Gasteiger partial charge < -0.3 is 0 Å². The number of hydrogen-bond acceptors (Lipinski definition) is 3. The predicted octanol–water partition coefficient (Wildman–Crippen LogP) is 2.46. The van der Waals surface area contributed by atoms with Gasteiger partial charge >= 0.3 is 0 Å². The SMILES string of the molecule is CC(C)Cc1nn(CCC#N)c(Cl)c1C=O. The molecule has 1 aromatic heterocycles. The molecular formula is C11H14ClN3O. The summed E-state index contributed by atoms with van der Waals surface area (Å²) in [6.45, 7) is 4.53. The lowest BCUT2D eigenvalue weighted by molar-refractivity contribution is 0.112. The first-order chi connectivity index (χ1) is 7.60. The predicted molar refractivity (Wildman–Crippen MR) is 61.4 cm³/mol. The van der Waals surface area contributed by atoms with E-state index in [-0.39, 0.29) is 0 Å². The summed E-state index contributed by atoms with van der Waals surface area (Å²) in [4.78, 5) is 10.9. The van der Waals surface area contributed by atoms with Crippen molar-refractivity contribution < 1.29 is 4.79 Å². The van der Waals surface area contributed by atoms with Crippen LogP contribution >= 0.6 is 11.6 Å². The third-order valence-corrected chi connectivity index (χ3v) is 2.55. The van der Waals surface area contributed by atoms with E-state index >= 15 is 0 Å². The molecule has 0 amide bonds. The van der Waals surface area contributed by atoms with Crippen molar-refractivity contribution in [1.29, 1.82) is 5.26 Å². The molecule has 0 N–H and O–H groups in total. The molecule has 0 aliphatic heterocycles. The molecule has 1 rings (SSSR count). The van der Waals surface area contributed by atoms with E-state index in [9.17, 15) is 4.79 Å². The van der Waals surface area contributed by atoms with E-state index in [2.05, 4.69) is 18.9 Å². The molecule has 0 aromatic carbocycles. The molecule has 86 valence electrons. The van der Waals surface area contributed by atoms with Gasteiger partial charge in [0.1, 0.15) is 5.15 Å². The zero-order valence-electron chi connectivity index (χ0n) is 9.40. The van der Waals surface area contributed by atoms with E-state index in [1.54, 1.807) is 0 Å². The highest BCUT2D eigenvalue weighted by atomic mass is 35.5. The van der Waals surface area contributed by atoms with Gasteiger partial charge in [-0.15, -0.1) is 0 Å². The van der Waals surface area contributed by atoms with Crippen molar-refractivity contribution in [3.05, 3.63) is 16.4 Å². The van der Waals surface area contributed by atoms with Crippen LogP contribution in [0.3, 0.4) is 0 Å². The summed E-state index contributed by atoms with van der Waals surface area (Å²) < 4.78 is 1.52. The number of aryl methyl sites for hydroxylation is 1. The number of carbonyl (C=O) groups is 1. The monoisotopic (exact) mass is 239 g/mol. The molecule has 0 unspecified atom stereocenters. The van der Waals surface area contributed by atoms with Gasteiger partial charge in [0.25, 0.3) is 0 Å². The van der Waals surface area contributed by atoms with Crippen molar-refractivity contribution in [2.45, 2.75) is 33.2 Å². The van der Waals surface area contributed by atoms with Gasteiger partial charge in [0, 0.05) is 0 Å². The average Bonchev–Trinajstić information content (AvgIpc) is 2.51. The van der Waals surface area contributed by atoms with Crippen LogP contribution in [-0.2, 0) is 13.0 Å². The maximum atomic E-state index is 10.9. The van der Waals surface area contributed by atoms with E-state index in [4.69, 9.17) is 16.9 Å². The Kier molecular flexibility index (Phi) is 4.51. The fourth-order valence-corrected chi connectivity index (χ4v) is 1.74. The topological polar surface area (TPSA) is 58.7 Å². The minimum atomic E-state index is 0.334. The molecular weight excluding hydrogens is 226 g/mol. The van der Waals surface area contributed by atoms with Crippen LogP contribution in [0, 0.1) is 17.2 Å². The first-order valence-corrected chi connectivity index (χ1v) is 5.55. The van der Waals surface area contributed by atoms with Crippen LogP contribution in [0.5, 0.6) is 0 Å². The number of hydrogen-bond donors (Lipinski definition) is 0. The van der Waals surface area contributed by atoms with Crippen LogP contribution in [0.15, 0.2) is 0 Å². The van der Waals surface area contributed by atoms with Gasteiger partial charge in [-0.05, 0) is 12.3 Å². The van der Waals surface area contributed by atoms with Crippen molar-refractivity contribution in [2.24, 2.45) is 5.92 Å². The summed E-state index contributed by atoms with van der Waals surface area (Å²) in [7, 11) is 0. The highest BCUT2D eigenvalue weighted by Gasteiger charge is 2.16. The molecule has 0 radical (unpaired) electrons. The van der Waals surface area contributed by atoms with Crippen LogP contribution in [0.2, 0.25) is 5.15 Å². The van der Waals surface area contributed by atoms with Gasteiger partial charge in [0.05, 0.1) is 30.3 Å². The maximum Gasteiger partial charge on any atom is 0.155 e. The lowest BCUT2D eigenvalue weighted by atomic mass is 10.1. The van der Waals surface area contributed by atoms with Crippen LogP contribution < -0.4 is 0 Å². The quantitative estimate of drug-likeness (QED) is 0.742. The molecule has 0 aliphatic carbocycles. The van der Waals surface area contributed by atoms with E-state index in [1.807, 2.05) is 6.07 Å². The first kappa shape index (κ1) is 12.7. The number of nitrogens with zero attached hydrogens (tertiary/aromatic N) is 3. The Bertz CT molecular complexity index is 418. The maximum absolute atomic E-state index is 10.9. The smallest absolute Gasteiger partial charge is 0.155 e. The van der Waals surface area contributed by atoms with Crippen LogP contribution in [-0.4, -0.2) is 16.1 Å². The number of rotatable bonds is 5. The Morgan fingerprint density at radius 1 is 1.62 bits per heavy atom. The highest BCUT2D eigenvalue weighted by molar-refractivity contribution is 6.32. The summed E-state index contributed by atoms with van der Waals surface area (Å²) in [6.07, 6.45) is 1.78. The number of aldehydes is 1. The van der Waals surface area contributed by atoms with E-state index in [1.165, 1.54) is 4.68 Å². The molecule has 16 heavy (non-hydrogen) atoms. The van der Waals surface area contributed by atoms with Gasteiger partial charge in [-0.2, -0.15) is 10.4 Å². The second kappa shape index (κ2) is 5.66. The molecule has 1 heterocycles. The third-order valence-electron chi connectivity index (χ3n) is 2.16. The molecule has 0 aliphatic rings. The van der Waals surface area contributed by atoms with Crippen LogP contribution in [0.25, 0.3) is 0 Å². The van der Waals surface area contributed by atoms with Gasteiger partial charge in [0.15, 0.2) is 6.29 Å². The molecule has 4 nitrogen and oxygen atoms in total. The second-order valence-corrected chi connectivity index (χ2v) is 4.36. The lowest BCUT2D eigenvalue weighted by Crippen LogP contribution is -2.01. The van der Waals surface area contributed by atoms with E-state index in [0.717, 1.165) is 6.29 Å². The zero-order chi connectivity index (χ0) is 12.1. The lowest BCUT2D eigenvalue weighted by Gasteiger charge is -2.00. The van der Waals surface area contributed by atoms with Crippen molar-refractivity contribution in [1.82, 2.24) is 9.78 Å². The van der Waals surface area contributed by atoms with E-state index < -0.39 is 0 Å². The molecule has 5 heteroatoms. The summed E-state index contributed by atoms with van der Waals surface area (Å²) in [5.41, 5.74) is 1.17. The summed E-state index contributed by atoms with van der Waals surface area (Å²) in [6, 6.07) is 2.02. The largest absolute Gasteiger partial charge is 0.298 e. The Morgan fingerprint density at radius 3 is 2.81 bits per heavy atom. The van der Waals surface area contributed by atoms with Crippen molar-refractivity contribution in [3.8, 4) is 6.07 Å². The Hall–Kier alpha value is -1.34. The number of nitriles is 1. The standard InChI is InChI=1S/C11H14ClN3O/c1-8(2)6-10-9(7-16)11(12)15(14-10)5-3-4-13/h7-8H,3,5-6H2,1-2H3. The Balaban J connectivity index is 3.00. The average molecular weight is 240 g/mol. The molecule has 1 aromatic rings. The third kappa shape index (κ3) is 2.83. The highest BCUT2D eigenvalue weighted by Crippen LogP contribution is 2.20. The van der Waals surface area contributed by atoms with Gasteiger partial charge in [-0.3, -0.25) is 9.48 Å². The fraction of sp³-hybridized carbons (Fsp3) is 0.545. The first-order valence-electron chi connectivity index (χ1n) is 5.17. The minimum Gasteiger partial charge on any atom is -0.298 e. The number of aromatic nitrogens is 2. The van der Waals surface area contributed by atoms with Crippen LogP contribution in [0.1, 0.15) is 36.3 Å². The van der Waals surface area contributed by atoms with Gasteiger partial charge in [0.2, 0.25) is 0 Å². The van der Waals surface area contributed by atoms with E-state index in [0.29, 0.717) is 41.7 Å². The molecule has 0 saturated carbocycles. The molecule has 0 atom stereocenters. The normalized spacial score (nSPS) is 10.4. The van der Waals surface area contributed by atoms with Gasteiger partial charge in [-0.25, -0.2) is 0 Å². The molecule has 0 fully saturated rings. The molecule has 0 saturated heterocycles. The van der Waals surface area contributed by atoms with Crippen molar-refractivity contribution in [2.75, 3.05) is 0 Å².